The second kappa shape index (κ2) is 9.16. The zero-order valence-electron chi connectivity index (χ0n) is 12.9. The lowest BCUT2D eigenvalue weighted by atomic mass is 10.1. The molecule has 0 bridgehead atoms. The third-order valence-electron chi connectivity index (χ3n) is 3.19. The van der Waals surface area contributed by atoms with E-state index < -0.39 is 10.2 Å². The van der Waals surface area contributed by atoms with E-state index in [2.05, 4.69) is 0 Å². The molecule has 6 heteroatoms. The summed E-state index contributed by atoms with van der Waals surface area (Å²) in [5.41, 5.74) is 0. The van der Waals surface area contributed by atoms with Gasteiger partial charge in [0, 0.05) is 32.1 Å². The zero-order chi connectivity index (χ0) is 15.1. The maximum Gasteiger partial charge on any atom is 0.281 e. The van der Waals surface area contributed by atoms with Gasteiger partial charge in [-0.3, -0.25) is 0 Å². The van der Waals surface area contributed by atoms with Gasteiger partial charge in [-0.25, -0.2) is 0 Å². The number of alkyl halides is 1. The van der Waals surface area contributed by atoms with Gasteiger partial charge >= 0.3 is 0 Å². The fourth-order valence-electron chi connectivity index (χ4n) is 2.06. The van der Waals surface area contributed by atoms with Crippen molar-refractivity contribution in [1.82, 2.24) is 8.61 Å². The summed E-state index contributed by atoms with van der Waals surface area (Å²) < 4.78 is 28.4. The monoisotopic (exact) mass is 312 g/mol. The number of nitrogens with zero attached hydrogens (tertiary/aromatic N) is 2. The van der Waals surface area contributed by atoms with Crippen LogP contribution in [0.1, 0.15) is 47.0 Å². The fourth-order valence-corrected chi connectivity index (χ4v) is 4.06. The van der Waals surface area contributed by atoms with Crippen LogP contribution in [0.2, 0.25) is 0 Å². The molecule has 0 N–H and O–H groups in total. The van der Waals surface area contributed by atoms with Crippen molar-refractivity contribution in [1.29, 1.82) is 0 Å². The smallest absolute Gasteiger partial charge is 0.195 e. The van der Waals surface area contributed by atoms with E-state index in [0.29, 0.717) is 31.3 Å². The lowest BCUT2D eigenvalue weighted by molar-refractivity contribution is 0.257. The van der Waals surface area contributed by atoms with E-state index in [1.807, 2.05) is 27.7 Å². The van der Waals surface area contributed by atoms with E-state index in [1.165, 1.54) is 4.31 Å². The SMILES string of the molecule is CCC(CC)N(CC(C)C)S(=O)(=O)N(C)CCCCl. The summed E-state index contributed by atoms with van der Waals surface area (Å²) in [6.45, 7) is 9.21. The van der Waals surface area contributed by atoms with Gasteiger partial charge in [0.15, 0.2) is 0 Å². The van der Waals surface area contributed by atoms with E-state index in [4.69, 9.17) is 11.6 Å². The van der Waals surface area contributed by atoms with Crippen molar-refractivity contribution >= 4 is 21.8 Å². The number of halogens is 1. The minimum absolute atomic E-state index is 0.0749. The molecule has 4 nitrogen and oxygen atoms in total. The van der Waals surface area contributed by atoms with Crippen LogP contribution >= 0.6 is 11.6 Å². The molecule has 0 unspecified atom stereocenters. The van der Waals surface area contributed by atoms with Crippen LogP contribution in [0.15, 0.2) is 0 Å². The summed E-state index contributed by atoms with van der Waals surface area (Å²) >= 11 is 5.64. The standard InChI is InChI=1S/C13H29ClN2O2S/c1-6-13(7-2)16(11-12(3)4)19(17,18)15(5)10-8-9-14/h12-13H,6-11H2,1-5H3. The zero-order valence-corrected chi connectivity index (χ0v) is 14.5. The molecular formula is C13H29ClN2O2S. The molecule has 0 aliphatic carbocycles. The van der Waals surface area contributed by atoms with E-state index in [0.717, 1.165) is 12.8 Å². The van der Waals surface area contributed by atoms with Gasteiger partial charge in [0.1, 0.15) is 0 Å². The van der Waals surface area contributed by atoms with Crippen LogP contribution in [0.25, 0.3) is 0 Å². The summed E-state index contributed by atoms with van der Waals surface area (Å²) in [5, 5.41) is 0. The molecule has 0 saturated carbocycles. The number of hydrogen-bond acceptors (Lipinski definition) is 2. The van der Waals surface area contributed by atoms with E-state index in [1.54, 1.807) is 11.4 Å². The van der Waals surface area contributed by atoms with Gasteiger partial charge in [0.25, 0.3) is 10.2 Å². The highest BCUT2D eigenvalue weighted by molar-refractivity contribution is 7.86. The average molecular weight is 313 g/mol. The van der Waals surface area contributed by atoms with Crippen molar-refractivity contribution in [3.63, 3.8) is 0 Å². The van der Waals surface area contributed by atoms with E-state index >= 15 is 0 Å². The van der Waals surface area contributed by atoms with Crippen molar-refractivity contribution in [3.05, 3.63) is 0 Å². The van der Waals surface area contributed by atoms with Crippen LogP contribution < -0.4 is 0 Å². The molecule has 0 atom stereocenters. The number of hydrogen-bond donors (Lipinski definition) is 0. The van der Waals surface area contributed by atoms with Crippen LogP contribution in [0.4, 0.5) is 0 Å². The van der Waals surface area contributed by atoms with Crippen molar-refractivity contribution in [3.8, 4) is 0 Å². The first-order valence-corrected chi connectivity index (χ1v) is 9.03. The van der Waals surface area contributed by atoms with Gasteiger partial charge in [-0.2, -0.15) is 17.0 Å². The summed E-state index contributed by atoms with van der Waals surface area (Å²) in [7, 11) is -1.75. The van der Waals surface area contributed by atoms with E-state index in [-0.39, 0.29) is 6.04 Å². The maximum absolute atomic E-state index is 12.6. The summed E-state index contributed by atoms with van der Waals surface area (Å²) in [6, 6.07) is 0.0749. The van der Waals surface area contributed by atoms with Crippen molar-refractivity contribution < 1.29 is 8.42 Å². The Hall–Kier alpha value is 0.160. The van der Waals surface area contributed by atoms with Gasteiger partial charge in [0.05, 0.1) is 0 Å². The van der Waals surface area contributed by atoms with Crippen molar-refractivity contribution in [2.75, 3.05) is 26.0 Å². The molecule has 0 fully saturated rings. The molecule has 0 spiro atoms. The fraction of sp³-hybridized carbons (Fsp3) is 1.00. The Bertz CT molecular complexity index is 330. The molecule has 116 valence electrons. The molecule has 0 saturated heterocycles. The topological polar surface area (TPSA) is 40.6 Å². The number of rotatable bonds is 10. The van der Waals surface area contributed by atoms with Crippen molar-refractivity contribution in [2.24, 2.45) is 5.92 Å². The van der Waals surface area contributed by atoms with Gasteiger partial charge in [-0.15, -0.1) is 11.6 Å². The Morgan fingerprint density at radius 3 is 2.05 bits per heavy atom. The van der Waals surface area contributed by atoms with Crippen molar-refractivity contribution in [2.45, 2.75) is 53.0 Å². The molecular weight excluding hydrogens is 284 g/mol. The highest BCUT2D eigenvalue weighted by atomic mass is 35.5. The third kappa shape index (κ3) is 5.98. The lowest BCUT2D eigenvalue weighted by Crippen LogP contribution is -2.48. The predicted octanol–water partition coefficient (Wildman–Crippen LogP) is 2.94. The van der Waals surface area contributed by atoms with Gasteiger partial charge in [-0.1, -0.05) is 27.7 Å². The molecule has 0 heterocycles. The minimum atomic E-state index is -3.38. The normalized spacial score (nSPS) is 13.2. The van der Waals surface area contributed by atoms with Gasteiger partial charge in [-0.05, 0) is 25.2 Å². The first-order valence-electron chi connectivity index (χ1n) is 7.10. The lowest BCUT2D eigenvalue weighted by Gasteiger charge is -2.34. The second-order valence-electron chi connectivity index (χ2n) is 5.31. The maximum atomic E-state index is 12.6. The predicted molar refractivity (Wildman–Crippen MR) is 82.8 cm³/mol. The Balaban J connectivity index is 5.10. The Morgan fingerprint density at radius 2 is 1.68 bits per heavy atom. The molecule has 0 aromatic carbocycles. The minimum Gasteiger partial charge on any atom is -0.195 e. The van der Waals surface area contributed by atoms with Gasteiger partial charge in [0.2, 0.25) is 0 Å². The Morgan fingerprint density at radius 1 is 1.16 bits per heavy atom. The molecule has 0 amide bonds. The van der Waals surface area contributed by atoms with Crippen LogP contribution in [-0.4, -0.2) is 49.1 Å². The third-order valence-corrected chi connectivity index (χ3v) is 5.47. The van der Waals surface area contributed by atoms with Crippen LogP contribution in [0.3, 0.4) is 0 Å². The molecule has 0 aliphatic rings. The summed E-state index contributed by atoms with van der Waals surface area (Å²) in [4.78, 5) is 0. The van der Waals surface area contributed by atoms with Gasteiger partial charge < -0.3 is 0 Å². The molecule has 0 rings (SSSR count). The quantitative estimate of drug-likeness (QED) is 0.582. The molecule has 0 radical (unpaired) electrons. The molecule has 0 aliphatic heterocycles. The molecule has 19 heavy (non-hydrogen) atoms. The van der Waals surface area contributed by atoms with Crippen LogP contribution in [0.5, 0.6) is 0 Å². The Kier molecular flexibility index (Phi) is 9.24. The highest BCUT2D eigenvalue weighted by Gasteiger charge is 2.31. The Labute approximate surface area is 124 Å². The second-order valence-corrected chi connectivity index (χ2v) is 7.67. The average Bonchev–Trinajstić information content (AvgIpc) is 2.35. The first-order chi connectivity index (χ1) is 8.81. The van der Waals surface area contributed by atoms with Crippen LogP contribution in [-0.2, 0) is 10.2 Å². The molecule has 0 aromatic rings. The summed E-state index contributed by atoms with van der Waals surface area (Å²) in [5.74, 6) is 0.798. The molecule has 0 aromatic heterocycles. The summed E-state index contributed by atoms with van der Waals surface area (Å²) in [6.07, 6.45) is 2.35. The highest BCUT2D eigenvalue weighted by Crippen LogP contribution is 2.18. The first kappa shape index (κ1) is 19.2. The van der Waals surface area contributed by atoms with E-state index in [9.17, 15) is 8.42 Å². The van der Waals surface area contributed by atoms with Crippen LogP contribution in [0, 0.1) is 5.92 Å². The largest absolute Gasteiger partial charge is 0.281 e.